The van der Waals surface area contributed by atoms with Gasteiger partial charge in [0.2, 0.25) is 5.91 Å². The van der Waals surface area contributed by atoms with E-state index in [1.807, 2.05) is 18.5 Å². The van der Waals surface area contributed by atoms with Gasteiger partial charge in [0, 0.05) is 18.8 Å². The summed E-state index contributed by atoms with van der Waals surface area (Å²) in [4.78, 5) is 24.5. The monoisotopic (exact) mass is 411 g/mol. The lowest BCUT2D eigenvalue weighted by Crippen LogP contribution is -2.33. The first kappa shape index (κ1) is 18.9. The molecule has 7 nitrogen and oxygen atoms in total. The van der Waals surface area contributed by atoms with Crippen LogP contribution in [0.5, 0.6) is 0 Å². The summed E-state index contributed by atoms with van der Waals surface area (Å²) < 4.78 is 18.1. The maximum Gasteiger partial charge on any atom is 0.268 e. The Labute approximate surface area is 169 Å². The molecule has 0 radical (unpaired) electrons. The number of rotatable bonds is 6. The molecule has 3 aromatic heterocycles. The molecule has 0 spiro atoms. The lowest BCUT2D eigenvalue weighted by molar-refractivity contribution is -0.115. The van der Waals surface area contributed by atoms with Crippen LogP contribution in [-0.2, 0) is 18.4 Å². The third-order valence-electron chi connectivity index (χ3n) is 4.51. The van der Waals surface area contributed by atoms with E-state index in [0.29, 0.717) is 16.9 Å². The molecular weight excluding hydrogens is 393 g/mol. The van der Waals surface area contributed by atoms with Crippen molar-refractivity contribution < 1.29 is 14.0 Å². The highest BCUT2D eigenvalue weighted by atomic mass is 32.1. The predicted octanol–water partition coefficient (Wildman–Crippen LogP) is 2.99. The zero-order valence-corrected chi connectivity index (χ0v) is 16.4. The number of halogens is 1. The van der Waals surface area contributed by atoms with Crippen molar-refractivity contribution in [3.63, 3.8) is 0 Å². The Morgan fingerprint density at radius 3 is 2.86 bits per heavy atom. The number of benzene rings is 1. The minimum atomic E-state index is -0.375. The molecule has 1 aromatic carbocycles. The van der Waals surface area contributed by atoms with Gasteiger partial charge in [-0.2, -0.15) is 5.10 Å². The van der Waals surface area contributed by atoms with E-state index < -0.39 is 0 Å². The highest BCUT2D eigenvalue weighted by Gasteiger charge is 2.15. The molecule has 0 aliphatic heterocycles. The lowest BCUT2D eigenvalue weighted by atomic mass is 10.2. The summed E-state index contributed by atoms with van der Waals surface area (Å²) in [6.45, 7) is 0.0834. The summed E-state index contributed by atoms with van der Waals surface area (Å²) in [5.41, 5.74) is 2.45. The van der Waals surface area contributed by atoms with E-state index in [-0.39, 0.29) is 30.7 Å². The van der Waals surface area contributed by atoms with Crippen LogP contribution in [0.15, 0.2) is 54.2 Å². The second kappa shape index (κ2) is 7.88. The molecule has 2 N–H and O–H groups in total. The minimum Gasteiger partial charge on any atom is -0.342 e. The van der Waals surface area contributed by atoms with Crippen LogP contribution in [-0.4, -0.2) is 32.7 Å². The molecule has 4 aromatic rings. The number of nitrogens with zero attached hydrogens (tertiary/aromatic N) is 3. The summed E-state index contributed by atoms with van der Waals surface area (Å²) in [6.07, 6.45) is 3.09. The van der Waals surface area contributed by atoms with Crippen LogP contribution in [0, 0.1) is 5.82 Å². The zero-order valence-electron chi connectivity index (χ0n) is 15.6. The summed E-state index contributed by atoms with van der Waals surface area (Å²) >= 11 is 1.56. The Balaban J connectivity index is 1.32. The van der Waals surface area contributed by atoms with Crippen molar-refractivity contribution in [2.75, 3.05) is 11.9 Å². The molecule has 148 valence electrons. The Morgan fingerprint density at radius 2 is 2.07 bits per heavy atom. The number of thiophene rings is 1. The van der Waals surface area contributed by atoms with Crippen molar-refractivity contribution in [2.45, 2.75) is 6.54 Å². The van der Waals surface area contributed by atoms with Gasteiger partial charge in [0.05, 0.1) is 35.2 Å². The molecule has 4 rings (SSSR count). The van der Waals surface area contributed by atoms with Crippen LogP contribution in [0.1, 0.15) is 16.1 Å². The zero-order chi connectivity index (χ0) is 20.4. The quantitative estimate of drug-likeness (QED) is 0.512. The van der Waals surface area contributed by atoms with Crippen molar-refractivity contribution >= 4 is 39.1 Å². The fourth-order valence-electron chi connectivity index (χ4n) is 3.04. The Hall–Kier alpha value is -3.46. The maximum atomic E-state index is 13.7. The van der Waals surface area contributed by atoms with Crippen LogP contribution in [0.3, 0.4) is 0 Å². The lowest BCUT2D eigenvalue weighted by Gasteiger charge is -2.06. The number of fused-ring (bicyclic) bond motifs is 1. The smallest absolute Gasteiger partial charge is 0.268 e. The average Bonchev–Trinajstić information content (AvgIpc) is 3.40. The van der Waals surface area contributed by atoms with Gasteiger partial charge >= 0.3 is 0 Å². The Bertz CT molecular complexity index is 1190. The van der Waals surface area contributed by atoms with Gasteiger partial charge in [-0.1, -0.05) is 18.2 Å². The van der Waals surface area contributed by atoms with Gasteiger partial charge in [0.1, 0.15) is 11.5 Å². The molecular formula is C20H18FN5O2S. The number of carbonyl (C=O) groups is 2. The topological polar surface area (TPSA) is 81.0 Å². The number of aryl methyl sites for hydroxylation is 1. The predicted molar refractivity (Wildman–Crippen MR) is 109 cm³/mol. The first-order valence-electron chi connectivity index (χ1n) is 8.88. The minimum absolute atomic E-state index is 0.170. The molecule has 0 unspecified atom stereocenters. The van der Waals surface area contributed by atoms with E-state index in [9.17, 15) is 14.0 Å². The van der Waals surface area contributed by atoms with Crippen LogP contribution in [0.4, 0.5) is 10.1 Å². The number of anilines is 1. The van der Waals surface area contributed by atoms with Crippen molar-refractivity contribution in [1.82, 2.24) is 19.7 Å². The molecule has 0 saturated carbocycles. The van der Waals surface area contributed by atoms with Gasteiger partial charge in [0.15, 0.2) is 0 Å². The molecule has 2 amide bonds. The first-order chi connectivity index (χ1) is 14.0. The highest BCUT2D eigenvalue weighted by Crippen LogP contribution is 2.24. The third-order valence-corrected chi connectivity index (χ3v) is 5.37. The number of carbonyl (C=O) groups excluding carboxylic acids is 2. The molecule has 0 atom stereocenters. The van der Waals surface area contributed by atoms with E-state index in [2.05, 4.69) is 15.7 Å². The number of hydrogen-bond donors (Lipinski definition) is 2. The highest BCUT2D eigenvalue weighted by molar-refractivity contribution is 7.17. The molecule has 29 heavy (non-hydrogen) atoms. The van der Waals surface area contributed by atoms with Gasteiger partial charge < -0.3 is 15.2 Å². The van der Waals surface area contributed by atoms with E-state index in [1.54, 1.807) is 46.4 Å². The second-order valence-electron chi connectivity index (χ2n) is 6.51. The van der Waals surface area contributed by atoms with Gasteiger partial charge in [-0.15, -0.1) is 11.3 Å². The first-order valence-corrected chi connectivity index (χ1v) is 9.76. The molecule has 3 heterocycles. The normalized spacial score (nSPS) is 11.0. The van der Waals surface area contributed by atoms with E-state index in [4.69, 9.17) is 0 Å². The largest absolute Gasteiger partial charge is 0.342 e. The van der Waals surface area contributed by atoms with E-state index in [0.717, 1.165) is 10.2 Å². The van der Waals surface area contributed by atoms with Crippen molar-refractivity contribution in [3.8, 4) is 0 Å². The third kappa shape index (κ3) is 4.04. The van der Waals surface area contributed by atoms with Gasteiger partial charge in [-0.3, -0.25) is 14.3 Å². The standard InChI is InChI=1S/C20H18FN5O2S/c1-25-16-6-7-29-18(16)8-17(25)20(28)22-10-19(27)24-14-9-23-26(12-14)11-13-4-2-3-5-15(13)21/h2-9,12H,10-11H2,1H3,(H,22,28)(H,24,27). The van der Waals surface area contributed by atoms with E-state index in [1.165, 1.54) is 16.9 Å². The van der Waals surface area contributed by atoms with Crippen LogP contribution >= 0.6 is 11.3 Å². The van der Waals surface area contributed by atoms with Crippen molar-refractivity contribution in [1.29, 1.82) is 0 Å². The number of amides is 2. The van der Waals surface area contributed by atoms with Crippen molar-refractivity contribution in [2.24, 2.45) is 7.05 Å². The fourth-order valence-corrected chi connectivity index (χ4v) is 3.89. The summed E-state index contributed by atoms with van der Waals surface area (Å²) in [5, 5.41) is 11.4. The Kier molecular flexibility index (Phi) is 5.13. The average molecular weight is 411 g/mol. The number of aromatic nitrogens is 3. The number of hydrogen-bond acceptors (Lipinski definition) is 4. The molecule has 9 heteroatoms. The Morgan fingerprint density at radius 1 is 1.24 bits per heavy atom. The van der Waals surface area contributed by atoms with Gasteiger partial charge in [-0.25, -0.2) is 4.39 Å². The number of nitrogens with one attached hydrogen (secondary N) is 2. The van der Waals surface area contributed by atoms with Crippen LogP contribution in [0.25, 0.3) is 10.2 Å². The van der Waals surface area contributed by atoms with Crippen LogP contribution < -0.4 is 10.6 Å². The molecule has 0 aliphatic carbocycles. The summed E-state index contributed by atoms with van der Waals surface area (Å²) in [5.74, 6) is -1.00. The molecule has 0 fully saturated rings. The molecule has 0 saturated heterocycles. The van der Waals surface area contributed by atoms with E-state index >= 15 is 0 Å². The van der Waals surface area contributed by atoms with Gasteiger partial charge in [-0.05, 0) is 23.6 Å². The van der Waals surface area contributed by atoms with Crippen LogP contribution in [0.2, 0.25) is 0 Å². The van der Waals surface area contributed by atoms with Gasteiger partial charge in [0.25, 0.3) is 5.91 Å². The fraction of sp³-hybridized carbons (Fsp3) is 0.150. The SMILES string of the molecule is Cn1c(C(=O)NCC(=O)Nc2cnn(Cc3ccccc3F)c2)cc2sccc21. The van der Waals surface area contributed by atoms with Crippen molar-refractivity contribution in [3.05, 3.63) is 71.2 Å². The molecule has 0 aliphatic rings. The summed E-state index contributed by atoms with van der Waals surface area (Å²) in [7, 11) is 1.81. The molecule has 0 bridgehead atoms. The second-order valence-corrected chi connectivity index (χ2v) is 7.46. The maximum absolute atomic E-state index is 13.7. The summed E-state index contributed by atoms with van der Waals surface area (Å²) in [6, 6.07) is 10.2.